The van der Waals surface area contributed by atoms with Gasteiger partial charge in [0.2, 0.25) is 0 Å². The Morgan fingerprint density at radius 3 is 1.87 bits per heavy atom. The minimum atomic E-state index is -0.783. The van der Waals surface area contributed by atoms with Gasteiger partial charge in [0.05, 0.1) is 12.3 Å². The van der Waals surface area contributed by atoms with Crippen LogP contribution in [-0.4, -0.2) is 28.4 Å². The first-order chi connectivity index (χ1) is 21.9. The Morgan fingerprint density at radius 2 is 1.35 bits per heavy atom. The van der Waals surface area contributed by atoms with E-state index in [4.69, 9.17) is 14.2 Å². The topological polar surface area (TPSA) is 99.1 Å². The molecule has 7 nitrogen and oxygen atoms in total. The average molecular weight is 625 g/mol. The monoisotopic (exact) mass is 624 g/mol. The lowest BCUT2D eigenvalue weighted by Crippen LogP contribution is -2.37. The Balaban J connectivity index is 1.58. The largest absolute Gasteiger partial charge is 0.508 e. The van der Waals surface area contributed by atoms with Crippen molar-refractivity contribution in [3.05, 3.63) is 126 Å². The summed E-state index contributed by atoms with van der Waals surface area (Å²) in [6, 6.07) is 21.2. The van der Waals surface area contributed by atoms with Gasteiger partial charge in [-0.2, -0.15) is 0 Å². The van der Waals surface area contributed by atoms with Crippen molar-refractivity contribution >= 4 is 17.7 Å². The Hall–Kier alpha value is -4.91. The van der Waals surface area contributed by atoms with Crippen LogP contribution in [0.1, 0.15) is 87.7 Å². The number of hydrogen-bond donors (Lipinski definition) is 1. The molecule has 0 aliphatic carbocycles. The summed E-state index contributed by atoms with van der Waals surface area (Å²) in [7, 11) is 0. The third-order valence-electron chi connectivity index (χ3n) is 8.22. The smallest absolute Gasteiger partial charge is 0.315 e. The fraction of sp³-hybridized carbons (Fsp3) is 0.308. The standard InChI is InChI=1S/C39H44O7/c1-8-26(4)38(43)45-34-21-15-30(16-22-34)29(7)31-17-23-35(24-18-31)46-39(9-2,10-3)25-36(41)44-28(6)12-11-27(5)37(42)32-13-19-33(40)20-14-32/h11-24,26,29,40H,5-6,8-10,25H2,1-4,7H3/b12-11-. The number of ketones is 1. The van der Waals surface area contributed by atoms with E-state index in [-0.39, 0.29) is 47.1 Å². The Morgan fingerprint density at radius 1 is 0.804 bits per heavy atom. The first-order valence-corrected chi connectivity index (χ1v) is 15.6. The maximum Gasteiger partial charge on any atom is 0.315 e. The van der Waals surface area contributed by atoms with Crippen molar-refractivity contribution in [2.45, 2.75) is 71.8 Å². The molecule has 0 saturated carbocycles. The number of allylic oxidation sites excluding steroid dienone is 3. The van der Waals surface area contributed by atoms with Gasteiger partial charge >= 0.3 is 11.9 Å². The zero-order valence-corrected chi connectivity index (χ0v) is 27.4. The number of aromatic hydroxyl groups is 1. The summed E-state index contributed by atoms with van der Waals surface area (Å²) in [5, 5.41) is 9.42. The van der Waals surface area contributed by atoms with E-state index in [0.717, 1.165) is 17.5 Å². The fourth-order valence-electron chi connectivity index (χ4n) is 4.70. The van der Waals surface area contributed by atoms with Crippen LogP contribution in [0, 0.1) is 5.92 Å². The Kier molecular flexibility index (Phi) is 12.7. The predicted molar refractivity (Wildman–Crippen MR) is 180 cm³/mol. The third kappa shape index (κ3) is 9.80. The number of rotatable bonds is 16. The van der Waals surface area contributed by atoms with Crippen LogP contribution in [0.5, 0.6) is 17.2 Å². The number of esters is 2. The molecular weight excluding hydrogens is 580 g/mol. The molecule has 2 unspecified atom stereocenters. The lowest BCUT2D eigenvalue weighted by molar-refractivity contribution is -0.144. The second-order valence-corrected chi connectivity index (χ2v) is 11.4. The van der Waals surface area contributed by atoms with Gasteiger partial charge in [0.15, 0.2) is 5.78 Å². The van der Waals surface area contributed by atoms with E-state index in [9.17, 15) is 19.5 Å². The molecule has 3 aromatic rings. The molecule has 0 aliphatic heterocycles. The maximum absolute atomic E-state index is 12.9. The van der Waals surface area contributed by atoms with Crippen molar-refractivity contribution in [1.29, 1.82) is 0 Å². The van der Waals surface area contributed by atoms with Crippen molar-refractivity contribution in [2.24, 2.45) is 5.92 Å². The van der Waals surface area contributed by atoms with Crippen LogP contribution >= 0.6 is 0 Å². The van der Waals surface area contributed by atoms with Gasteiger partial charge in [0.1, 0.15) is 28.6 Å². The van der Waals surface area contributed by atoms with Gasteiger partial charge in [0.25, 0.3) is 0 Å². The lowest BCUT2D eigenvalue weighted by atomic mass is 9.92. The highest BCUT2D eigenvalue weighted by Crippen LogP contribution is 2.32. The van der Waals surface area contributed by atoms with Gasteiger partial charge in [-0.25, -0.2) is 0 Å². The number of hydrogen-bond acceptors (Lipinski definition) is 7. The second kappa shape index (κ2) is 16.4. The van der Waals surface area contributed by atoms with E-state index in [2.05, 4.69) is 20.1 Å². The SMILES string of the molecule is C=C(/C=C\C(=C)C(=O)c1ccc(O)cc1)OC(=O)CC(CC)(CC)Oc1ccc(C(C)c2ccc(OC(=O)C(C)CC)cc2)cc1. The molecule has 2 atom stereocenters. The molecular formula is C39H44O7. The molecule has 3 rings (SSSR count). The molecule has 0 saturated heterocycles. The number of carbonyl (C=O) groups is 3. The predicted octanol–water partition coefficient (Wildman–Crippen LogP) is 8.88. The quantitative estimate of drug-likeness (QED) is 0.0424. The van der Waals surface area contributed by atoms with Crippen LogP contribution in [0.4, 0.5) is 0 Å². The summed E-state index contributed by atoms with van der Waals surface area (Å²) >= 11 is 0. The van der Waals surface area contributed by atoms with Crippen molar-refractivity contribution in [3.8, 4) is 17.2 Å². The van der Waals surface area contributed by atoms with E-state index in [1.165, 1.54) is 36.4 Å². The van der Waals surface area contributed by atoms with Crippen molar-refractivity contribution < 1.29 is 33.7 Å². The number of carbonyl (C=O) groups excluding carboxylic acids is 3. The number of benzene rings is 3. The molecule has 0 aliphatic rings. The van der Waals surface area contributed by atoms with Gasteiger partial charge in [-0.3, -0.25) is 14.4 Å². The Labute approximate surface area is 272 Å². The zero-order valence-electron chi connectivity index (χ0n) is 27.4. The molecule has 3 aromatic carbocycles. The van der Waals surface area contributed by atoms with E-state index in [1.807, 2.05) is 76.2 Å². The summed E-state index contributed by atoms with van der Waals surface area (Å²) in [6.45, 7) is 17.4. The van der Waals surface area contributed by atoms with Crippen LogP contribution in [-0.2, 0) is 14.3 Å². The number of Topliss-reactive ketones (excluding diaryl/α,β-unsaturated/α-hetero) is 1. The first-order valence-electron chi connectivity index (χ1n) is 15.6. The first kappa shape index (κ1) is 35.6. The van der Waals surface area contributed by atoms with Gasteiger partial charge in [-0.05, 0) is 91.1 Å². The lowest BCUT2D eigenvalue weighted by Gasteiger charge is -2.32. The molecule has 1 N–H and O–H groups in total. The molecule has 7 heteroatoms. The molecule has 0 spiro atoms. The van der Waals surface area contributed by atoms with Gasteiger partial charge in [-0.15, -0.1) is 0 Å². The average Bonchev–Trinajstić information content (AvgIpc) is 3.06. The molecule has 242 valence electrons. The summed E-state index contributed by atoms with van der Waals surface area (Å²) in [4.78, 5) is 37.5. The van der Waals surface area contributed by atoms with Gasteiger partial charge in [-0.1, -0.05) is 72.0 Å². The van der Waals surface area contributed by atoms with Crippen LogP contribution in [0.15, 0.2) is 109 Å². The van der Waals surface area contributed by atoms with Crippen LogP contribution < -0.4 is 9.47 Å². The molecule has 0 radical (unpaired) electrons. The van der Waals surface area contributed by atoms with E-state index >= 15 is 0 Å². The van der Waals surface area contributed by atoms with Crippen LogP contribution in [0.2, 0.25) is 0 Å². The maximum atomic E-state index is 12.9. The number of phenolic OH excluding ortho intramolecular Hbond substituents is 1. The molecule has 0 amide bonds. The van der Waals surface area contributed by atoms with E-state index < -0.39 is 11.6 Å². The summed E-state index contributed by atoms with van der Waals surface area (Å²) in [5.41, 5.74) is 1.94. The normalized spacial score (nSPS) is 12.6. The second-order valence-electron chi connectivity index (χ2n) is 11.4. The third-order valence-corrected chi connectivity index (χ3v) is 8.22. The summed E-state index contributed by atoms with van der Waals surface area (Å²) in [5.74, 6) is 0.204. The zero-order chi connectivity index (χ0) is 33.9. The van der Waals surface area contributed by atoms with E-state index in [1.54, 1.807) is 0 Å². The highest BCUT2D eigenvalue weighted by molar-refractivity contribution is 6.10. The minimum Gasteiger partial charge on any atom is -0.508 e. The van der Waals surface area contributed by atoms with Crippen molar-refractivity contribution in [3.63, 3.8) is 0 Å². The van der Waals surface area contributed by atoms with Crippen LogP contribution in [0.3, 0.4) is 0 Å². The highest BCUT2D eigenvalue weighted by Gasteiger charge is 2.33. The van der Waals surface area contributed by atoms with Crippen molar-refractivity contribution in [1.82, 2.24) is 0 Å². The minimum absolute atomic E-state index is 0.00631. The number of ether oxygens (including phenoxy) is 3. The van der Waals surface area contributed by atoms with Gasteiger partial charge in [0, 0.05) is 17.1 Å². The summed E-state index contributed by atoms with van der Waals surface area (Å²) in [6.07, 6.45) is 4.75. The van der Waals surface area contributed by atoms with Crippen molar-refractivity contribution in [2.75, 3.05) is 0 Å². The number of phenols is 1. The van der Waals surface area contributed by atoms with Gasteiger partial charge < -0.3 is 19.3 Å². The van der Waals surface area contributed by atoms with Crippen LogP contribution in [0.25, 0.3) is 0 Å². The highest BCUT2D eigenvalue weighted by atomic mass is 16.5. The molecule has 0 bridgehead atoms. The molecule has 46 heavy (non-hydrogen) atoms. The van der Waals surface area contributed by atoms with E-state index in [0.29, 0.717) is 29.9 Å². The molecule has 0 heterocycles. The molecule has 0 aromatic heterocycles. The summed E-state index contributed by atoms with van der Waals surface area (Å²) < 4.78 is 17.3. The molecule has 0 fully saturated rings. The fourth-order valence-corrected chi connectivity index (χ4v) is 4.70. The Bertz CT molecular complexity index is 1540.